The molecular weight excluding hydrogens is 568 g/mol. The second kappa shape index (κ2) is 10.3. The zero-order chi connectivity index (χ0) is 30.9. The van der Waals surface area contributed by atoms with Crippen molar-refractivity contribution in [3.63, 3.8) is 0 Å². The molecule has 0 radical (unpaired) electrons. The van der Waals surface area contributed by atoms with E-state index >= 15 is 0 Å². The number of nitrogens with one attached hydrogen (secondary N) is 1. The highest BCUT2D eigenvalue weighted by molar-refractivity contribution is 6.23. The molecule has 1 atom stereocenters. The summed E-state index contributed by atoms with van der Waals surface area (Å²) in [5.74, 6) is -1.70. The second-order valence-electron chi connectivity index (χ2n) is 12.7. The van der Waals surface area contributed by atoms with Crippen molar-refractivity contribution in [1.29, 1.82) is 0 Å². The predicted octanol–water partition coefficient (Wildman–Crippen LogP) is 2.10. The summed E-state index contributed by atoms with van der Waals surface area (Å²) in [5, 5.41) is 13.6. The Morgan fingerprint density at radius 3 is 2.34 bits per heavy atom. The SMILES string of the molecule is COc1cc(N2CCC3(CC2)CN(C2CN(c4ccc5c(c4)C(=O)N(C4CCC(=O)NC4=O)C5=O)C2)C3)c(C)cc1[N+](=O)[O-]. The number of piperidine rings is 2. The van der Waals surface area contributed by atoms with E-state index in [0.29, 0.717) is 17.2 Å². The topological polar surface area (TPSA) is 146 Å². The molecule has 0 aliphatic carbocycles. The molecule has 5 aliphatic rings. The van der Waals surface area contributed by atoms with Crippen molar-refractivity contribution in [2.24, 2.45) is 5.41 Å². The zero-order valence-corrected chi connectivity index (χ0v) is 24.7. The molecule has 13 nitrogen and oxygen atoms in total. The first-order valence-electron chi connectivity index (χ1n) is 15.0. The monoisotopic (exact) mass is 602 g/mol. The number of hydrogen-bond donors (Lipinski definition) is 1. The number of nitro groups is 1. The number of rotatable bonds is 6. The van der Waals surface area contributed by atoms with Gasteiger partial charge in [-0.25, -0.2) is 0 Å². The van der Waals surface area contributed by atoms with Crippen LogP contribution in [0.1, 0.15) is 52.0 Å². The number of benzene rings is 2. The highest BCUT2D eigenvalue weighted by Crippen LogP contribution is 2.45. The molecule has 0 aromatic heterocycles. The number of fused-ring (bicyclic) bond motifs is 1. The van der Waals surface area contributed by atoms with Crippen LogP contribution in [0.2, 0.25) is 0 Å². The van der Waals surface area contributed by atoms with Crippen LogP contribution in [0.3, 0.4) is 0 Å². The van der Waals surface area contributed by atoms with E-state index < -0.39 is 34.6 Å². The summed E-state index contributed by atoms with van der Waals surface area (Å²) in [6, 6.07) is 8.11. The molecule has 4 fully saturated rings. The Labute approximate surface area is 253 Å². The van der Waals surface area contributed by atoms with Crippen molar-refractivity contribution in [2.45, 2.75) is 44.7 Å². The molecule has 13 heteroatoms. The Kier molecular flexibility index (Phi) is 6.61. The molecule has 4 amide bonds. The molecule has 1 N–H and O–H groups in total. The van der Waals surface area contributed by atoms with Crippen LogP contribution in [0.25, 0.3) is 0 Å². The fourth-order valence-electron chi connectivity index (χ4n) is 7.47. The molecule has 0 bridgehead atoms. The van der Waals surface area contributed by atoms with Crippen molar-refractivity contribution in [2.75, 3.05) is 56.2 Å². The molecule has 5 heterocycles. The first kappa shape index (κ1) is 28.3. The summed E-state index contributed by atoms with van der Waals surface area (Å²) in [7, 11) is 1.46. The number of carbonyl (C=O) groups is 4. The van der Waals surface area contributed by atoms with E-state index in [-0.39, 0.29) is 29.7 Å². The molecule has 1 unspecified atom stereocenters. The van der Waals surface area contributed by atoms with Gasteiger partial charge in [-0.3, -0.25) is 44.4 Å². The maximum absolute atomic E-state index is 13.2. The number of carbonyl (C=O) groups excluding carboxylic acids is 4. The van der Waals surface area contributed by atoms with Crippen molar-refractivity contribution in [3.05, 3.63) is 57.1 Å². The van der Waals surface area contributed by atoms with Gasteiger partial charge in [-0.15, -0.1) is 0 Å². The normalized spacial score (nSPS) is 23.4. The van der Waals surface area contributed by atoms with Crippen LogP contribution in [0.15, 0.2) is 30.3 Å². The maximum Gasteiger partial charge on any atom is 0.311 e. The van der Waals surface area contributed by atoms with E-state index in [9.17, 15) is 29.3 Å². The molecule has 2 aromatic carbocycles. The van der Waals surface area contributed by atoms with Gasteiger partial charge >= 0.3 is 5.69 Å². The van der Waals surface area contributed by atoms with Gasteiger partial charge in [-0.05, 0) is 55.4 Å². The summed E-state index contributed by atoms with van der Waals surface area (Å²) < 4.78 is 5.30. The molecule has 4 saturated heterocycles. The fraction of sp³-hybridized carbons (Fsp3) is 0.484. The first-order chi connectivity index (χ1) is 21.1. The van der Waals surface area contributed by atoms with Crippen LogP contribution in [-0.2, 0) is 9.59 Å². The molecular formula is C31H34N6O7. The van der Waals surface area contributed by atoms with E-state index in [4.69, 9.17) is 4.74 Å². The highest BCUT2D eigenvalue weighted by atomic mass is 16.6. The minimum Gasteiger partial charge on any atom is -0.490 e. The van der Waals surface area contributed by atoms with Crippen molar-refractivity contribution < 1.29 is 28.8 Å². The van der Waals surface area contributed by atoms with Gasteiger partial charge in [-0.2, -0.15) is 0 Å². The number of amides is 4. The van der Waals surface area contributed by atoms with Gasteiger partial charge in [0.1, 0.15) is 6.04 Å². The number of imide groups is 2. The summed E-state index contributed by atoms with van der Waals surface area (Å²) in [5.41, 5.74) is 3.61. The van der Waals surface area contributed by atoms with Crippen LogP contribution in [-0.4, -0.2) is 96.8 Å². The van der Waals surface area contributed by atoms with E-state index in [1.165, 1.54) is 7.11 Å². The Morgan fingerprint density at radius 1 is 0.977 bits per heavy atom. The number of aryl methyl sites for hydroxylation is 1. The standard InChI is InChI=1S/C31H34N6O7/c1-18-11-25(37(42)43)26(44-2)13-24(18)33-9-7-31(8-10-33)16-35(17-31)20-14-34(15-20)19-3-4-21-22(12-19)30(41)36(29(21)40)23-5-6-27(38)32-28(23)39/h3-4,11-13,20,23H,5-10,14-17H2,1-2H3,(H,32,38,39). The second-order valence-corrected chi connectivity index (χ2v) is 12.7. The Bertz CT molecular complexity index is 1600. The quantitative estimate of drug-likeness (QED) is 0.296. The molecule has 2 aromatic rings. The highest BCUT2D eigenvalue weighted by Gasteiger charge is 2.50. The average Bonchev–Trinajstić information content (AvgIpc) is 3.20. The molecule has 0 saturated carbocycles. The van der Waals surface area contributed by atoms with Gasteiger partial charge in [0.05, 0.1) is 23.2 Å². The number of nitro benzene ring substituents is 1. The minimum atomic E-state index is -0.969. The number of anilines is 2. The molecule has 7 rings (SSSR count). The van der Waals surface area contributed by atoms with E-state index in [2.05, 4.69) is 20.0 Å². The van der Waals surface area contributed by atoms with Crippen LogP contribution >= 0.6 is 0 Å². The summed E-state index contributed by atoms with van der Waals surface area (Å²) in [4.78, 5) is 69.1. The molecule has 230 valence electrons. The lowest BCUT2D eigenvalue weighted by Crippen LogP contribution is -2.70. The summed E-state index contributed by atoms with van der Waals surface area (Å²) in [6.45, 7) is 7.45. The van der Waals surface area contributed by atoms with Gasteiger partial charge in [0, 0.05) is 75.2 Å². The van der Waals surface area contributed by atoms with E-state index in [1.807, 2.05) is 13.0 Å². The average molecular weight is 603 g/mol. The molecule has 1 spiro atoms. The molecule has 44 heavy (non-hydrogen) atoms. The van der Waals surface area contributed by atoms with Crippen molar-refractivity contribution >= 4 is 40.7 Å². The molecule has 5 aliphatic heterocycles. The number of nitrogens with zero attached hydrogens (tertiary/aromatic N) is 5. The van der Waals surface area contributed by atoms with Crippen LogP contribution in [0, 0.1) is 22.5 Å². The Hall–Kier alpha value is -4.52. The van der Waals surface area contributed by atoms with Crippen LogP contribution in [0.4, 0.5) is 17.1 Å². The largest absolute Gasteiger partial charge is 0.490 e. The van der Waals surface area contributed by atoms with Gasteiger partial charge in [0.2, 0.25) is 11.8 Å². The van der Waals surface area contributed by atoms with Crippen LogP contribution < -0.4 is 19.9 Å². The zero-order valence-electron chi connectivity index (χ0n) is 24.7. The van der Waals surface area contributed by atoms with Gasteiger partial charge in [0.25, 0.3) is 11.8 Å². The predicted molar refractivity (Wildman–Crippen MR) is 159 cm³/mol. The fourth-order valence-corrected chi connectivity index (χ4v) is 7.47. The first-order valence-corrected chi connectivity index (χ1v) is 15.0. The Morgan fingerprint density at radius 2 is 1.68 bits per heavy atom. The van der Waals surface area contributed by atoms with Crippen LogP contribution in [0.5, 0.6) is 5.75 Å². The Balaban J connectivity index is 0.934. The smallest absolute Gasteiger partial charge is 0.311 e. The van der Waals surface area contributed by atoms with Crippen molar-refractivity contribution in [1.82, 2.24) is 15.1 Å². The number of likely N-dealkylation sites (tertiary alicyclic amines) is 1. The lowest BCUT2D eigenvalue weighted by atomic mass is 9.70. The number of ether oxygens (including phenoxy) is 1. The third-order valence-corrected chi connectivity index (χ3v) is 10.1. The van der Waals surface area contributed by atoms with E-state index in [0.717, 1.165) is 73.9 Å². The van der Waals surface area contributed by atoms with Gasteiger partial charge in [0.15, 0.2) is 5.75 Å². The number of hydrogen-bond acceptors (Lipinski definition) is 10. The van der Waals surface area contributed by atoms with E-state index in [1.54, 1.807) is 24.3 Å². The summed E-state index contributed by atoms with van der Waals surface area (Å²) >= 11 is 0. The summed E-state index contributed by atoms with van der Waals surface area (Å²) in [6.07, 6.45) is 2.35. The third kappa shape index (κ3) is 4.48. The number of methoxy groups -OCH3 is 1. The maximum atomic E-state index is 13.2. The lowest BCUT2D eigenvalue weighted by molar-refractivity contribution is -0.385. The minimum absolute atomic E-state index is 0.0134. The van der Waals surface area contributed by atoms with Gasteiger partial charge < -0.3 is 14.5 Å². The van der Waals surface area contributed by atoms with Crippen molar-refractivity contribution in [3.8, 4) is 5.75 Å². The lowest BCUT2D eigenvalue weighted by Gasteiger charge is -2.60. The third-order valence-electron chi connectivity index (χ3n) is 10.1. The van der Waals surface area contributed by atoms with Gasteiger partial charge in [-0.1, -0.05) is 0 Å².